The van der Waals surface area contributed by atoms with Crippen LogP contribution >= 0.6 is 0 Å². The minimum Gasteiger partial charge on any atom is -0.457 e. The maximum Gasteiger partial charge on any atom is 0.127 e. The molecular weight excluding hydrogens is 496 g/mol. The fraction of sp³-hybridized carbons (Fsp3) is 0. The quantitative estimate of drug-likeness (QED) is 0.198. The van der Waals surface area contributed by atoms with Gasteiger partial charge in [-0.1, -0.05) is 72.8 Å². The van der Waals surface area contributed by atoms with E-state index < -0.39 is 0 Å². The molecule has 0 fully saturated rings. The second-order valence-electron chi connectivity index (χ2n) is 8.60. The Morgan fingerprint density at radius 1 is 0.175 bits per heavy atom. The molecule has 4 heteroatoms. The standard InChI is InChI=1S/2C18H14O2/c2*1-3-7-15(8-4-1)19-17-11-13-18(14-12-17)20-16-9-5-2-6-10-16/h2*1-14H. The highest BCUT2D eigenvalue weighted by atomic mass is 16.5. The molecule has 0 saturated carbocycles. The molecule has 0 aromatic heterocycles. The molecule has 0 unspecified atom stereocenters. The zero-order chi connectivity index (χ0) is 27.2. The van der Waals surface area contributed by atoms with E-state index in [0.29, 0.717) is 0 Å². The van der Waals surface area contributed by atoms with Gasteiger partial charge in [-0.15, -0.1) is 0 Å². The van der Waals surface area contributed by atoms with Gasteiger partial charge < -0.3 is 18.9 Å². The number of rotatable bonds is 8. The summed E-state index contributed by atoms with van der Waals surface area (Å²) in [6.07, 6.45) is 0. The summed E-state index contributed by atoms with van der Waals surface area (Å²) in [4.78, 5) is 0. The summed E-state index contributed by atoms with van der Waals surface area (Å²) in [7, 11) is 0. The molecular formula is C36H28O4. The molecule has 4 nitrogen and oxygen atoms in total. The molecule has 0 amide bonds. The molecule has 0 spiro atoms. The Balaban J connectivity index is 0.000000161. The van der Waals surface area contributed by atoms with Crippen LogP contribution in [0.2, 0.25) is 0 Å². The molecule has 0 N–H and O–H groups in total. The molecule has 0 bridgehead atoms. The van der Waals surface area contributed by atoms with Crippen LogP contribution in [0.25, 0.3) is 0 Å². The van der Waals surface area contributed by atoms with Crippen molar-refractivity contribution in [1.82, 2.24) is 0 Å². The van der Waals surface area contributed by atoms with Crippen molar-refractivity contribution in [2.24, 2.45) is 0 Å². The van der Waals surface area contributed by atoms with Gasteiger partial charge in [0, 0.05) is 0 Å². The van der Waals surface area contributed by atoms with Crippen molar-refractivity contribution >= 4 is 0 Å². The zero-order valence-corrected chi connectivity index (χ0v) is 21.8. The molecule has 0 heterocycles. The summed E-state index contributed by atoms with van der Waals surface area (Å²) in [5.74, 6) is 6.45. The molecule has 40 heavy (non-hydrogen) atoms. The van der Waals surface area contributed by atoms with Crippen molar-refractivity contribution in [2.45, 2.75) is 0 Å². The number of para-hydroxylation sites is 4. The third-order valence-corrected chi connectivity index (χ3v) is 5.56. The molecule has 6 rings (SSSR count). The maximum absolute atomic E-state index is 5.73. The zero-order valence-electron chi connectivity index (χ0n) is 21.8. The van der Waals surface area contributed by atoms with E-state index in [1.165, 1.54) is 0 Å². The number of benzene rings is 6. The molecule has 0 aliphatic rings. The van der Waals surface area contributed by atoms with E-state index in [0.717, 1.165) is 46.0 Å². The van der Waals surface area contributed by atoms with Crippen LogP contribution in [0.4, 0.5) is 0 Å². The van der Waals surface area contributed by atoms with Crippen LogP contribution in [-0.4, -0.2) is 0 Å². The fourth-order valence-corrected chi connectivity index (χ4v) is 3.65. The number of ether oxygens (including phenoxy) is 4. The van der Waals surface area contributed by atoms with Crippen LogP contribution < -0.4 is 18.9 Å². The van der Waals surface area contributed by atoms with Crippen molar-refractivity contribution in [3.63, 3.8) is 0 Å². The predicted octanol–water partition coefficient (Wildman–Crippen LogP) is 10.5. The van der Waals surface area contributed by atoms with Crippen molar-refractivity contribution < 1.29 is 18.9 Å². The summed E-state index contributed by atoms with van der Waals surface area (Å²) in [6.45, 7) is 0. The highest BCUT2D eigenvalue weighted by molar-refractivity contribution is 5.39. The van der Waals surface area contributed by atoms with E-state index >= 15 is 0 Å². The Hall–Kier alpha value is -5.48. The molecule has 0 saturated heterocycles. The van der Waals surface area contributed by atoms with Crippen LogP contribution in [-0.2, 0) is 0 Å². The van der Waals surface area contributed by atoms with Gasteiger partial charge in [-0.2, -0.15) is 0 Å². The minimum atomic E-state index is 0.789. The molecule has 196 valence electrons. The van der Waals surface area contributed by atoms with Crippen molar-refractivity contribution in [1.29, 1.82) is 0 Å². The summed E-state index contributed by atoms with van der Waals surface area (Å²) in [6, 6.07) is 54.0. The van der Waals surface area contributed by atoms with Gasteiger partial charge in [0.2, 0.25) is 0 Å². The average Bonchev–Trinajstić information content (AvgIpc) is 3.02. The Kier molecular flexibility index (Phi) is 9.08. The Labute approximate surface area is 234 Å². The highest BCUT2D eigenvalue weighted by Crippen LogP contribution is 2.27. The maximum atomic E-state index is 5.73. The number of hydrogen-bond acceptors (Lipinski definition) is 4. The smallest absolute Gasteiger partial charge is 0.127 e. The largest absolute Gasteiger partial charge is 0.457 e. The van der Waals surface area contributed by atoms with Crippen LogP contribution in [0.3, 0.4) is 0 Å². The first kappa shape index (κ1) is 26.1. The van der Waals surface area contributed by atoms with E-state index in [4.69, 9.17) is 18.9 Å². The fourth-order valence-electron chi connectivity index (χ4n) is 3.65. The van der Waals surface area contributed by atoms with Crippen molar-refractivity contribution in [3.8, 4) is 46.0 Å². The third-order valence-electron chi connectivity index (χ3n) is 5.56. The lowest BCUT2D eigenvalue weighted by molar-refractivity contribution is 0.469. The monoisotopic (exact) mass is 524 g/mol. The van der Waals surface area contributed by atoms with Crippen LogP contribution in [0.5, 0.6) is 46.0 Å². The van der Waals surface area contributed by atoms with Crippen molar-refractivity contribution in [2.75, 3.05) is 0 Å². The predicted molar refractivity (Wildman–Crippen MR) is 159 cm³/mol. The van der Waals surface area contributed by atoms with E-state index in [-0.39, 0.29) is 0 Å². The van der Waals surface area contributed by atoms with Crippen LogP contribution in [0, 0.1) is 0 Å². The molecule has 0 atom stereocenters. The third kappa shape index (κ3) is 8.27. The van der Waals surface area contributed by atoms with E-state index in [2.05, 4.69) is 0 Å². The molecule has 6 aromatic rings. The lowest BCUT2D eigenvalue weighted by atomic mass is 10.3. The van der Waals surface area contributed by atoms with E-state index in [1.54, 1.807) is 0 Å². The average molecular weight is 525 g/mol. The Bertz CT molecular complexity index is 1290. The van der Waals surface area contributed by atoms with Gasteiger partial charge in [0.1, 0.15) is 46.0 Å². The summed E-state index contributed by atoms with van der Waals surface area (Å²) >= 11 is 0. The van der Waals surface area contributed by atoms with Crippen molar-refractivity contribution in [3.05, 3.63) is 170 Å². The van der Waals surface area contributed by atoms with Gasteiger partial charge in [0.25, 0.3) is 0 Å². The topological polar surface area (TPSA) is 36.9 Å². The first-order valence-electron chi connectivity index (χ1n) is 12.9. The van der Waals surface area contributed by atoms with E-state index in [9.17, 15) is 0 Å². The second-order valence-corrected chi connectivity index (χ2v) is 8.60. The normalized spacial score (nSPS) is 10.0. The first-order chi connectivity index (χ1) is 19.8. The van der Waals surface area contributed by atoms with Gasteiger partial charge in [-0.3, -0.25) is 0 Å². The summed E-state index contributed by atoms with van der Waals surface area (Å²) < 4.78 is 22.9. The molecule has 6 aromatic carbocycles. The molecule has 0 aliphatic carbocycles. The Morgan fingerprint density at radius 3 is 0.500 bits per heavy atom. The second kappa shape index (κ2) is 13.9. The van der Waals surface area contributed by atoms with Crippen LogP contribution in [0.15, 0.2) is 170 Å². The molecule has 0 aliphatic heterocycles. The highest BCUT2D eigenvalue weighted by Gasteiger charge is 2.01. The van der Waals surface area contributed by atoms with Gasteiger partial charge in [-0.05, 0) is 97.1 Å². The lowest BCUT2D eigenvalue weighted by Gasteiger charge is -2.08. The van der Waals surface area contributed by atoms with Gasteiger partial charge in [-0.25, -0.2) is 0 Å². The SMILES string of the molecule is c1ccc(Oc2ccc(Oc3ccccc3)cc2)cc1.c1ccc(Oc2ccc(Oc3ccccc3)cc2)cc1. The minimum absolute atomic E-state index is 0.789. The van der Waals surface area contributed by atoms with E-state index in [1.807, 2.05) is 170 Å². The van der Waals surface area contributed by atoms with Crippen LogP contribution in [0.1, 0.15) is 0 Å². The lowest BCUT2D eigenvalue weighted by Crippen LogP contribution is -1.85. The summed E-state index contributed by atoms with van der Waals surface area (Å²) in [5.41, 5.74) is 0. The first-order valence-corrected chi connectivity index (χ1v) is 12.9. The van der Waals surface area contributed by atoms with Gasteiger partial charge >= 0.3 is 0 Å². The Morgan fingerprint density at radius 2 is 0.325 bits per heavy atom. The molecule has 0 radical (unpaired) electrons. The summed E-state index contributed by atoms with van der Waals surface area (Å²) in [5, 5.41) is 0. The number of hydrogen-bond donors (Lipinski definition) is 0. The van der Waals surface area contributed by atoms with Gasteiger partial charge in [0.05, 0.1) is 0 Å². The van der Waals surface area contributed by atoms with Gasteiger partial charge in [0.15, 0.2) is 0 Å².